The number of hydrogen-bond donors (Lipinski definition) is 0. The van der Waals surface area contributed by atoms with Crippen LogP contribution < -0.4 is 0 Å². The zero-order chi connectivity index (χ0) is 11.4. The maximum absolute atomic E-state index is 2.62. The quantitative estimate of drug-likeness (QED) is 0.725. The van der Waals surface area contributed by atoms with Crippen molar-refractivity contribution in [3.8, 4) is 0 Å². The van der Waals surface area contributed by atoms with Gasteiger partial charge >= 0.3 is 0 Å². The van der Waals surface area contributed by atoms with E-state index in [0.717, 1.165) is 11.8 Å². The number of aromatic nitrogens is 1. The summed E-state index contributed by atoms with van der Waals surface area (Å²) in [4.78, 5) is 2.62. The predicted octanol–water partition coefficient (Wildman–Crippen LogP) is 2.60. The molecule has 2 saturated heterocycles. The number of piperidine rings is 1. The van der Waals surface area contributed by atoms with Crippen LogP contribution in [0.5, 0.6) is 0 Å². The van der Waals surface area contributed by atoms with Gasteiger partial charge < -0.3 is 9.47 Å². The predicted molar refractivity (Wildman–Crippen MR) is 70.2 cm³/mol. The fourth-order valence-corrected chi connectivity index (χ4v) is 3.79. The van der Waals surface area contributed by atoms with E-state index in [-0.39, 0.29) is 0 Å². The minimum absolute atomic E-state index is 0.765. The summed E-state index contributed by atoms with van der Waals surface area (Å²) in [6.07, 6.45) is 1.40. The minimum Gasteiger partial charge on any atom is -0.347 e. The van der Waals surface area contributed by atoms with Crippen molar-refractivity contribution in [2.24, 2.45) is 13.0 Å². The van der Waals surface area contributed by atoms with Crippen LogP contribution in [0.2, 0.25) is 0 Å². The number of aryl methyl sites for hydroxylation is 1. The topological polar surface area (TPSA) is 8.17 Å². The Morgan fingerprint density at radius 2 is 2.06 bits per heavy atom. The van der Waals surface area contributed by atoms with Crippen LogP contribution in [0.25, 0.3) is 10.9 Å². The summed E-state index contributed by atoms with van der Waals surface area (Å²) in [5.41, 5.74) is 2.92. The fourth-order valence-electron chi connectivity index (χ4n) is 3.79. The molecule has 1 aromatic heterocycles. The van der Waals surface area contributed by atoms with E-state index < -0.39 is 0 Å². The third-order valence-electron chi connectivity index (χ3n) is 4.70. The molecule has 3 unspecified atom stereocenters. The van der Waals surface area contributed by atoms with Crippen LogP contribution in [-0.4, -0.2) is 29.1 Å². The minimum atomic E-state index is 0.765. The van der Waals surface area contributed by atoms with Crippen molar-refractivity contribution in [3.63, 3.8) is 0 Å². The van der Waals surface area contributed by atoms with Crippen LogP contribution in [-0.2, 0) is 7.05 Å². The van der Waals surface area contributed by atoms with Crippen molar-refractivity contribution >= 4 is 10.9 Å². The van der Waals surface area contributed by atoms with E-state index in [1.807, 2.05) is 0 Å². The molecule has 2 aliphatic heterocycles. The van der Waals surface area contributed by atoms with Gasteiger partial charge in [0.05, 0.1) is 0 Å². The number of para-hydroxylation sites is 1. The molecule has 17 heavy (non-hydrogen) atoms. The smallest absolute Gasteiger partial charge is 0.0479 e. The van der Waals surface area contributed by atoms with E-state index in [4.69, 9.17) is 0 Å². The van der Waals surface area contributed by atoms with Crippen molar-refractivity contribution in [3.05, 3.63) is 36.0 Å². The summed E-state index contributed by atoms with van der Waals surface area (Å²) in [6, 6.07) is 11.1. The first-order chi connectivity index (χ1) is 8.33. The Balaban J connectivity index is 1.83. The molecule has 0 radical (unpaired) electrons. The number of nitrogens with zero attached hydrogens (tertiary/aromatic N) is 2. The summed E-state index contributed by atoms with van der Waals surface area (Å²) in [7, 11) is 2.22. The summed E-state index contributed by atoms with van der Waals surface area (Å²) >= 11 is 0. The molecular formula is C15H18N2. The van der Waals surface area contributed by atoms with Crippen molar-refractivity contribution in [1.82, 2.24) is 9.47 Å². The zero-order valence-electron chi connectivity index (χ0n) is 10.3. The van der Waals surface area contributed by atoms with Gasteiger partial charge in [-0.1, -0.05) is 18.2 Å². The van der Waals surface area contributed by atoms with E-state index in [2.05, 4.69) is 46.8 Å². The van der Waals surface area contributed by atoms with Crippen molar-refractivity contribution < 1.29 is 0 Å². The Kier molecular flexibility index (Phi) is 1.92. The highest BCUT2D eigenvalue weighted by Crippen LogP contribution is 2.40. The van der Waals surface area contributed by atoms with Gasteiger partial charge in [0.2, 0.25) is 0 Å². The van der Waals surface area contributed by atoms with Crippen molar-refractivity contribution in [2.45, 2.75) is 12.3 Å². The molecule has 4 rings (SSSR count). The Labute approximate surface area is 102 Å². The Morgan fingerprint density at radius 3 is 2.76 bits per heavy atom. The Morgan fingerprint density at radius 1 is 1.18 bits per heavy atom. The van der Waals surface area contributed by atoms with Crippen LogP contribution in [0, 0.1) is 5.92 Å². The molecule has 0 spiro atoms. The fraction of sp³-hybridized carbons (Fsp3) is 0.467. The van der Waals surface area contributed by atoms with Crippen LogP contribution >= 0.6 is 0 Å². The molecule has 3 atom stereocenters. The van der Waals surface area contributed by atoms with Crippen LogP contribution in [0.3, 0.4) is 0 Å². The van der Waals surface area contributed by atoms with E-state index in [1.165, 1.54) is 37.0 Å². The largest absolute Gasteiger partial charge is 0.347 e. The molecule has 0 aliphatic carbocycles. The maximum atomic E-state index is 2.62. The zero-order valence-corrected chi connectivity index (χ0v) is 10.3. The van der Waals surface area contributed by atoms with Gasteiger partial charge in [-0.15, -0.1) is 0 Å². The van der Waals surface area contributed by atoms with Gasteiger partial charge in [-0.05, 0) is 36.4 Å². The maximum Gasteiger partial charge on any atom is 0.0479 e. The normalized spacial score (nSPS) is 31.5. The average molecular weight is 226 g/mol. The van der Waals surface area contributed by atoms with Gasteiger partial charge in [0.15, 0.2) is 0 Å². The number of hydrogen-bond acceptors (Lipinski definition) is 1. The second kappa shape index (κ2) is 3.36. The van der Waals surface area contributed by atoms with Gasteiger partial charge in [0, 0.05) is 37.3 Å². The lowest BCUT2D eigenvalue weighted by molar-refractivity contribution is 0.342. The van der Waals surface area contributed by atoms with Gasteiger partial charge in [0.25, 0.3) is 0 Å². The van der Waals surface area contributed by atoms with Crippen LogP contribution in [0.15, 0.2) is 30.3 Å². The first-order valence-corrected chi connectivity index (χ1v) is 6.59. The molecule has 0 amide bonds. The molecule has 88 valence electrons. The first kappa shape index (κ1) is 9.72. The Hall–Kier alpha value is -1.28. The van der Waals surface area contributed by atoms with E-state index in [0.29, 0.717) is 0 Å². The van der Waals surface area contributed by atoms with Gasteiger partial charge in [0.1, 0.15) is 0 Å². The molecule has 1 aromatic carbocycles. The second-order valence-corrected chi connectivity index (χ2v) is 5.60. The highest BCUT2D eigenvalue weighted by Gasteiger charge is 2.39. The van der Waals surface area contributed by atoms with Gasteiger partial charge in [-0.2, -0.15) is 0 Å². The molecule has 3 heterocycles. The third kappa shape index (κ3) is 1.31. The van der Waals surface area contributed by atoms with Gasteiger partial charge in [-0.25, -0.2) is 0 Å². The standard InChI is InChI=1S/C15H18N2/c1-16-14-5-3-2-4-11(14)8-15(16)13-10-17-7-6-12(13)9-17/h2-5,8,12-13H,6-7,9-10H2,1H3. The van der Waals surface area contributed by atoms with Crippen LogP contribution in [0.1, 0.15) is 18.0 Å². The molecule has 2 heteroatoms. The average Bonchev–Trinajstić information content (AvgIpc) is 3.03. The summed E-state index contributed by atoms with van der Waals surface area (Å²) in [5.74, 6) is 1.67. The molecule has 0 N–H and O–H groups in total. The lowest BCUT2D eigenvalue weighted by Crippen LogP contribution is -2.23. The molecule has 2 fully saturated rings. The number of fused-ring (bicyclic) bond motifs is 3. The van der Waals surface area contributed by atoms with E-state index >= 15 is 0 Å². The number of benzene rings is 1. The summed E-state index contributed by atoms with van der Waals surface area (Å²) in [6.45, 7) is 3.92. The lowest BCUT2D eigenvalue weighted by Gasteiger charge is -2.22. The highest BCUT2D eigenvalue weighted by molar-refractivity contribution is 5.81. The monoisotopic (exact) mass is 226 g/mol. The van der Waals surface area contributed by atoms with E-state index in [9.17, 15) is 0 Å². The third-order valence-corrected chi connectivity index (χ3v) is 4.70. The van der Waals surface area contributed by atoms with Crippen LogP contribution in [0.4, 0.5) is 0 Å². The second-order valence-electron chi connectivity index (χ2n) is 5.60. The first-order valence-electron chi connectivity index (χ1n) is 6.59. The molecular weight excluding hydrogens is 208 g/mol. The van der Waals surface area contributed by atoms with E-state index in [1.54, 1.807) is 5.69 Å². The Bertz CT molecular complexity index is 569. The van der Waals surface area contributed by atoms with Crippen molar-refractivity contribution in [1.29, 1.82) is 0 Å². The highest BCUT2D eigenvalue weighted by atomic mass is 15.2. The summed E-state index contributed by atoms with van der Waals surface area (Å²) in [5, 5.41) is 1.39. The lowest BCUT2D eigenvalue weighted by atomic mass is 9.90. The van der Waals surface area contributed by atoms with Crippen molar-refractivity contribution in [2.75, 3.05) is 19.6 Å². The SMILES string of the molecule is Cn1c(C2CN3CCC2C3)cc2ccccc21. The summed E-state index contributed by atoms with van der Waals surface area (Å²) < 4.78 is 2.40. The molecule has 0 saturated carbocycles. The molecule has 2 bridgehead atoms. The molecule has 2 nitrogen and oxygen atoms in total. The number of rotatable bonds is 1. The van der Waals surface area contributed by atoms with Gasteiger partial charge in [-0.3, -0.25) is 0 Å². The molecule has 2 aliphatic rings. The molecule has 2 aromatic rings.